The molecule has 1 heterocycles. The van der Waals surface area contributed by atoms with Crippen LogP contribution in [-0.4, -0.2) is 96.0 Å². The fourth-order valence-electron chi connectivity index (χ4n) is 6.59. The van der Waals surface area contributed by atoms with Gasteiger partial charge in [-0.25, -0.2) is 0 Å². The van der Waals surface area contributed by atoms with Crippen LogP contribution >= 0.6 is 0 Å². The highest BCUT2D eigenvalue weighted by Crippen LogP contribution is 2.24. The molecule has 66 heavy (non-hydrogen) atoms. The van der Waals surface area contributed by atoms with E-state index in [0.29, 0.717) is 25.7 Å². The Labute approximate surface area is 397 Å². The average Bonchev–Trinajstić information content (AvgIpc) is 3.28. The topological polar surface area (TPSA) is 186 Å². The predicted molar refractivity (Wildman–Crippen MR) is 265 cm³/mol. The summed E-state index contributed by atoms with van der Waals surface area (Å²) in [5.41, 5.74) is 0. The van der Waals surface area contributed by atoms with Crippen LogP contribution in [0.25, 0.3) is 0 Å². The third kappa shape index (κ3) is 35.5. The Bertz CT molecular complexity index is 1620. The molecule has 1 saturated heterocycles. The van der Waals surface area contributed by atoms with E-state index in [0.717, 1.165) is 57.8 Å². The van der Waals surface area contributed by atoms with Crippen LogP contribution < -0.4 is 0 Å². The summed E-state index contributed by atoms with van der Waals surface area (Å²) >= 11 is 0. The summed E-state index contributed by atoms with van der Waals surface area (Å²) in [7, 11) is -4.63. The standard InChI is InChI=1S/C53H84O12S/c1-3-5-7-9-11-13-15-17-19-21-22-23-24-26-27-29-31-33-35-37-39-41-48(54)62-43-46(44-63-53-52(58)51(57)50(56)47(65-53)45-66(59,60)61)64-49(55)42-40-38-36-34-32-30-28-25-20-18-16-14-12-10-8-6-4-2/h6,8,12,14,18-21,23-24,27-30,33-36,46-47,50-53,56-58H,3-5,7,9-11,13,15-17,22,25-26,31-32,37-45H2,1-2H3,(H,59,60,61)/b8-6+,14-12+,20-18+,21-19+,24-23+,29-27+,30-28+,35-33+,36-34+/t46-,47-,50-,51?,52?,53+/m1/s1. The van der Waals surface area contributed by atoms with Gasteiger partial charge >= 0.3 is 11.9 Å². The summed E-state index contributed by atoms with van der Waals surface area (Å²) in [6.45, 7) is 3.54. The predicted octanol–water partition coefficient (Wildman–Crippen LogP) is 10.8. The molecule has 0 aromatic rings. The zero-order valence-corrected chi connectivity index (χ0v) is 40.8. The zero-order chi connectivity index (χ0) is 48.4. The van der Waals surface area contributed by atoms with Crippen LogP contribution in [0.3, 0.4) is 0 Å². The second kappa shape index (κ2) is 41.5. The van der Waals surface area contributed by atoms with E-state index >= 15 is 0 Å². The number of aliphatic hydroxyl groups is 3. The monoisotopic (exact) mass is 945 g/mol. The van der Waals surface area contributed by atoms with Crippen LogP contribution in [-0.2, 0) is 38.7 Å². The molecule has 1 aliphatic heterocycles. The molecule has 1 aliphatic rings. The van der Waals surface area contributed by atoms with Crippen molar-refractivity contribution in [3.63, 3.8) is 0 Å². The lowest BCUT2D eigenvalue weighted by Gasteiger charge is -2.40. The van der Waals surface area contributed by atoms with E-state index in [-0.39, 0.29) is 19.4 Å². The Morgan fingerprint density at radius 2 is 0.955 bits per heavy atom. The number of ether oxygens (including phenoxy) is 4. The molecule has 0 saturated carbocycles. The van der Waals surface area contributed by atoms with Crippen LogP contribution in [0.15, 0.2) is 109 Å². The van der Waals surface area contributed by atoms with Gasteiger partial charge in [-0.05, 0) is 89.9 Å². The number of carbonyl (C=O) groups is 2. The number of allylic oxidation sites excluding steroid dienone is 18. The van der Waals surface area contributed by atoms with E-state index in [9.17, 15) is 37.9 Å². The van der Waals surface area contributed by atoms with Crippen molar-refractivity contribution in [3.8, 4) is 0 Å². The zero-order valence-electron chi connectivity index (χ0n) is 40.0. The first-order valence-electron chi connectivity index (χ1n) is 24.4. The Balaban J connectivity index is 2.50. The number of unbranched alkanes of at least 4 members (excludes halogenated alkanes) is 9. The molecule has 0 amide bonds. The fourth-order valence-corrected chi connectivity index (χ4v) is 7.28. The van der Waals surface area contributed by atoms with Gasteiger partial charge in [-0.3, -0.25) is 14.1 Å². The molecule has 0 aromatic carbocycles. The van der Waals surface area contributed by atoms with Gasteiger partial charge in [0.15, 0.2) is 12.4 Å². The number of carbonyl (C=O) groups excluding carboxylic acids is 2. The maximum absolute atomic E-state index is 12.8. The van der Waals surface area contributed by atoms with Gasteiger partial charge in [-0.2, -0.15) is 8.42 Å². The molecule has 0 radical (unpaired) electrons. The third-order valence-corrected chi connectivity index (χ3v) is 11.1. The van der Waals surface area contributed by atoms with Crippen molar-refractivity contribution >= 4 is 22.1 Å². The number of rotatable bonds is 39. The Hall–Kier alpha value is -3.69. The number of esters is 2. The van der Waals surface area contributed by atoms with Gasteiger partial charge in [0.2, 0.25) is 0 Å². The molecular weight excluding hydrogens is 861 g/mol. The van der Waals surface area contributed by atoms with Crippen LogP contribution in [0, 0.1) is 0 Å². The first kappa shape index (κ1) is 60.3. The van der Waals surface area contributed by atoms with Crippen molar-refractivity contribution in [1.29, 1.82) is 0 Å². The summed E-state index contributed by atoms with van der Waals surface area (Å²) in [6, 6.07) is 0. The highest BCUT2D eigenvalue weighted by molar-refractivity contribution is 7.85. The minimum absolute atomic E-state index is 0.0674. The van der Waals surface area contributed by atoms with Gasteiger partial charge in [0.05, 0.1) is 6.61 Å². The maximum atomic E-state index is 12.8. The van der Waals surface area contributed by atoms with Gasteiger partial charge in [0, 0.05) is 12.8 Å². The first-order valence-corrected chi connectivity index (χ1v) is 26.1. The molecular formula is C53H84O12S. The van der Waals surface area contributed by atoms with Crippen molar-refractivity contribution in [1.82, 2.24) is 0 Å². The molecule has 4 N–H and O–H groups in total. The molecule has 374 valence electrons. The van der Waals surface area contributed by atoms with Gasteiger partial charge < -0.3 is 34.3 Å². The largest absolute Gasteiger partial charge is 0.462 e. The number of aliphatic hydroxyl groups excluding tert-OH is 3. The van der Waals surface area contributed by atoms with Gasteiger partial charge in [-0.15, -0.1) is 0 Å². The van der Waals surface area contributed by atoms with E-state index < -0.39 is 71.2 Å². The van der Waals surface area contributed by atoms with E-state index in [1.165, 1.54) is 44.9 Å². The highest BCUT2D eigenvalue weighted by Gasteiger charge is 2.46. The van der Waals surface area contributed by atoms with Crippen LogP contribution in [0.1, 0.15) is 155 Å². The maximum Gasteiger partial charge on any atom is 0.306 e. The second-order valence-electron chi connectivity index (χ2n) is 16.4. The molecule has 1 fully saturated rings. The minimum Gasteiger partial charge on any atom is -0.462 e. The highest BCUT2D eigenvalue weighted by atomic mass is 32.2. The molecule has 0 spiro atoms. The lowest BCUT2D eigenvalue weighted by molar-refractivity contribution is -0.297. The molecule has 2 unspecified atom stereocenters. The summed E-state index contributed by atoms with van der Waals surface area (Å²) in [5.74, 6) is -2.15. The SMILES string of the molecule is CC/C=C/C/C=C/C/C=C/C/C=C/C/C=C/CCCC(=O)O[C@H](COC(=O)CCC/C=C/C/C=C/C/C=C/C/C=C/CCCCCCCCC)CO[C@H]1O[C@H](CS(=O)(=O)O)[C@@H](O)C(O)C1O. The molecule has 0 aliphatic carbocycles. The summed E-state index contributed by atoms with van der Waals surface area (Å²) < 4.78 is 54.0. The quantitative estimate of drug-likeness (QED) is 0.0198. The normalized spacial score (nSPS) is 20.4. The van der Waals surface area contributed by atoms with Crippen molar-refractivity contribution in [2.24, 2.45) is 0 Å². The number of hydrogen-bond donors (Lipinski definition) is 4. The summed E-state index contributed by atoms with van der Waals surface area (Å²) in [4.78, 5) is 25.4. The first-order chi connectivity index (χ1) is 32.0. The van der Waals surface area contributed by atoms with E-state index in [2.05, 4.69) is 98.9 Å². The Kier molecular flexibility index (Phi) is 37.9. The van der Waals surface area contributed by atoms with Gasteiger partial charge in [0.25, 0.3) is 10.1 Å². The molecule has 0 aromatic heterocycles. The van der Waals surface area contributed by atoms with Gasteiger partial charge in [0.1, 0.15) is 36.8 Å². The van der Waals surface area contributed by atoms with E-state index in [1.807, 2.05) is 24.3 Å². The lowest BCUT2D eigenvalue weighted by Crippen LogP contribution is -2.60. The van der Waals surface area contributed by atoms with Crippen molar-refractivity contribution in [2.75, 3.05) is 19.0 Å². The third-order valence-electron chi connectivity index (χ3n) is 10.3. The van der Waals surface area contributed by atoms with Crippen molar-refractivity contribution in [2.45, 2.75) is 192 Å². The molecule has 6 atom stereocenters. The van der Waals surface area contributed by atoms with Crippen LogP contribution in [0.2, 0.25) is 0 Å². The Morgan fingerprint density at radius 1 is 0.530 bits per heavy atom. The molecule has 13 heteroatoms. The molecule has 1 rings (SSSR count). The van der Waals surface area contributed by atoms with Crippen LogP contribution in [0.5, 0.6) is 0 Å². The lowest BCUT2D eigenvalue weighted by atomic mass is 10.00. The number of hydrogen-bond acceptors (Lipinski definition) is 11. The van der Waals surface area contributed by atoms with Crippen molar-refractivity contribution in [3.05, 3.63) is 109 Å². The van der Waals surface area contributed by atoms with E-state index in [4.69, 9.17) is 18.9 Å². The molecule has 0 bridgehead atoms. The van der Waals surface area contributed by atoms with Gasteiger partial charge in [-0.1, -0.05) is 162 Å². The summed E-state index contributed by atoms with van der Waals surface area (Å²) in [5, 5.41) is 30.9. The summed E-state index contributed by atoms with van der Waals surface area (Å²) in [6.07, 6.45) is 48.6. The second-order valence-corrected chi connectivity index (χ2v) is 17.9. The fraction of sp³-hybridized carbons (Fsp3) is 0.623. The van der Waals surface area contributed by atoms with Crippen molar-refractivity contribution < 1.29 is 56.8 Å². The van der Waals surface area contributed by atoms with Crippen LogP contribution in [0.4, 0.5) is 0 Å². The average molecular weight is 945 g/mol. The Morgan fingerprint density at radius 3 is 1.42 bits per heavy atom. The minimum atomic E-state index is -4.63. The van der Waals surface area contributed by atoms with E-state index in [1.54, 1.807) is 0 Å². The smallest absolute Gasteiger partial charge is 0.306 e. The molecule has 12 nitrogen and oxygen atoms in total.